The minimum absolute atomic E-state index is 0.0635. The van der Waals surface area contributed by atoms with Crippen LogP contribution in [0.2, 0.25) is 0 Å². The van der Waals surface area contributed by atoms with Gasteiger partial charge in [-0.15, -0.1) is 0 Å². The highest BCUT2D eigenvalue weighted by Crippen LogP contribution is 2.38. The number of aliphatic hydroxyl groups excluding tert-OH is 1. The lowest BCUT2D eigenvalue weighted by molar-refractivity contribution is -0.158. The van der Waals surface area contributed by atoms with Crippen molar-refractivity contribution < 1.29 is 33.7 Å². The van der Waals surface area contributed by atoms with E-state index in [-0.39, 0.29) is 30.4 Å². The molecule has 0 bridgehead atoms. The second-order valence-corrected chi connectivity index (χ2v) is 7.57. The van der Waals surface area contributed by atoms with E-state index in [1.165, 1.54) is 7.11 Å². The quantitative estimate of drug-likeness (QED) is 0.434. The van der Waals surface area contributed by atoms with Gasteiger partial charge in [-0.1, -0.05) is 26.5 Å². The zero-order chi connectivity index (χ0) is 20.8. The lowest BCUT2D eigenvalue weighted by Crippen LogP contribution is -2.37. The summed E-state index contributed by atoms with van der Waals surface area (Å²) in [6.07, 6.45) is 2.83. The van der Waals surface area contributed by atoms with Crippen molar-refractivity contribution in [3.05, 3.63) is 23.8 Å². The van der Waals surface area contributed by atoms with Crippen molar-refractivity contribution in [2.45, 2.75) is 58.2 Å². The fourth-order valence-electron chi connectivity index (χ4n) is 3.68. The van der Waals surface area contributed by atoms with Gasteiger partial charge in [0.15, 0.2) is 0 Å². The number of rotatable bonds is 5. The molecule has 0 aromatic carbocycles. The van der Waals surface area contributed by atoms with E-state index in [9.17, 15) is 19.5 Å². The van der Waals surface area contributed by atoms with Crippen molar-refractivity contribution in [1.29, 1.82) is 0 Å². The highest BCUT2D eigenvalue weighted by Gasteiger charge is 2.46. The van der Waals surface area contributed by atoms with Crippen LogP contribution < -0.4 is 0 Å². The zero-order valence-corrected chi connectivity index (χ0v) is 16.8. The number of ether oxygens (including phenoxy) is 3. The summed E-state index contributed by atoms with van der Waals surface area (Å²) < 4.78 is 16.1. The molecule has 0 spiro atoms. The normalized spacial score (nSPS) is 31.1. The minimum Gasteiger partial charge on any atom is -0.466 e. The molecule has 1 N–H and O–H groups in total. The first-order chi connectivity index (χ1) is 13.3. The third-order valence-electron chi connectivity index (χ3n) is 5.66. The van der Waals surface area contributed by atoms with E-state index in [0.717, 1.165) is 0 Å². The number of allylic oxidation sites excluding steroid dienone is 1. The number of carbonyl (C=O) groups is 3. The summed E-state index contributed by atoms with van der Waals surface area (Å²) >= 11 is 0. The van der Waals surface area contributed by atoms with Gasteiger partial charge in [-0.25, -0.2) is 9.59 Å². The fourth-order valence-corrected chi connectivity index (χ4v) is 3.68. The molecule has 0 saturated carbocycles. The second kappa shape index (κ2) is 9.87. The highest BCUT2D eigenvalue weighted by atomic mass is 16.6. The first-order valence-electron chi connectivity index (χ1n) is 9.80. The van der Waals surface area contributed by atoms with E-state index in [1.54, 1.807) is 13.0 Å². The van der Waals surface area contributed by atoms with E-state index in [0.29, 0.717) is 31.3 Å². The summed E-state index contributed by atoms with van der Waals surface area (Å²) in [6, 6.07) is 0. The molecule has 1 aliphatic carbocycles. The maximum Gasteiger partial charge on any atom is 0.334 e. The van der Waals surface area contributed by atoms with Crippen molar-refractivity contribution in [3.63, 3.8) is 0 Å². The fraction of sp³-hybridized carbons (Fsp3) is 0.667. The van der Waals surface area contributed by atoms with Crippen LogP contribution in [-0.2, 0) is 28.6 Å². The Morgan fingerprint density at radius 3 is 2.75 bits per heavy atom. The molecule has 0 radical (unpaired) electrons. The van der Waals surface area contributed by atoms with E-state index < -0.39 is 36.0 Å². The molecule has 2 rings (SSSR count). The van der Waals surface area contributed by atoms with E-state index >= 15 is 0 Å². The predicted octanol–water partition coefficient (Wildman–Crippen LogP) is 2.32. The lowest BCUT2D eigenvalue weighted by atomic mass is 9.81. The highest BCUT2D eigenvalue weighted by molar-refractivity contribution is 5.91. The third kappa shape index (κ3) is 5.01. The van der Waals surface area contributed by atoms with Gasteiger partial charge in [-0.2, -0.15) is 0 Å². The number of esters is 3. The molecule has 28 heavy (non-hydrogen) atoms. The molecule has 7 nitrogen and oxygen atoms in total. The largest absolute Gasteiger partial charge is 0.466 e. The molecule has 1 fully saturated rings. The van der Waals surface area contributed by atoms with Crippen molar-refractivity contribution in [3.8, 4) is 0 Å². The van der Waals surface area contributed by atoms with Crippen LogP contribution in [0, 0.1) is 17.8 Å². The lowest BCUT2D eigenvalue weighted by Gasteiger charge is -2.30. The minimum atomic E-state index is -0.770. The van der Waals surface area contributed by atoms with Crippen molar-refractivity contribution in [2.75, 3.05) is 13.7 Å². The maximum atomic E-state index is 12.5. The van der Waals surface area contributed by atoms with Gasteiger partial charge in [0, 0.05) is 24.2 Å². The zero-order valence-electron chi connectivity index (χ0n) is 16.8. The number of hydrogen-bond acceptors (Lipinski definition) is 7. The van der Waals surface area contributed by atoms with Crippen molar-refractivity contribution in [2.24, 2.45) is 17.8 Å². The topological polar surface area (TPSA) is 99.1 Å². The summed E-state index contributed by atoms with van der Waals surface area (Å²) in [6.45, 7) is 7.43. The van der Waals surface area contributed by atoms with Crippen LogP contribution >= 0.6 is 0 Å². The molecule has 0 aromatic rings. The molecule has 1 heterocycles. The Bertz CT molecular complexity index is 651. The van der Waals surface area contributed by atoms with Gasteiger partial charge in [0.2, 0.25) is 0 Å². The van der Waals surface area contributed by atoms with Crippen LogP contribution in [0.15, 0.2) is 23.8 Å². The van der Waals surface area contributed by atoms with Gasteiger partial charge in [0.05, 0.1) is 18.9 Å². The standard InChI is InChI=1S/C21H30O7/c1-5-12(2)19(23)27-17-10-15(21(25)26-4)8-6-7-14(11-22)9-16-18(17)13(3)20(24)28-16/h8,12,14,16-18,22H,3,5-7,9-11H2,1-2,4H3/b15-8+/t12-,14-,16-,17-,18+/m1/s1. The van der Waals surface area contributed by atoms with Gasteiger partial charge < -0.3 is 19.3 Å². The Balaban J connectivity index is 2.42. The van der Waals surface area contributed by atoms with Gasteiger partial charge in [0.1, 0.15) is 12.2 Å². The van der Waals surface area contributed by atoms with Gasteiger partial charge >= 0.3 is 17.9 Å². The Hall–Kier alpha value is -2.15. The molecule has 7 heteroatoms. The Labute approximate surface area is 165 Å². The molecular weight excluding hydrogens is 364 g/mol. The molecule has 5 atom stereocenters. The van der Waals surface area contributed by atoms with Crippen LogP contribution in [0.25, 0.3) is 0 Å². The number of fused-ring (bicyclic) bond motifs is 1. The van der Waals surface area contributed by atoms with Gasteiger partial charge in [0.25, 0.3) is 0 Å². The van der Waals surface area contributed by atoms with E-state index in [2.05, 4.69) is 6.58 Å². The van der Waals surface area contributed by atoms with Crippen LogP contribution in [0.3, 0.4) is 0 Å². The van der Waals surface area contributed by atoms with Crippen LogP contribution in [0.4, 0.5) is 0 Å². The predicted molar refractivity (Wildman–Crippen MR) is 101 cm³/mol. The van der Waals surface area contributed by atoms with Crippen molar-refractivity contribution in [1.82, 2.24) is 0 Å². The average molecular weight is 394 g/mol. The molecule has 0 aromatic heterocycles. The Morgan fingerprint density at radius 2 is 2.14 bits per heavy atom. The van der Waals surface area contributed by atoms with Gasteiger partial charge in [-0.05, 0) is 31.6 Å². The van der Waals surface area contributed by atoms with E-state index in [1.807, 2.05) is 6.92 Å². The molecule has 156 valence electrons. The Kier molecular flexibility index (Phi) is 7.80. The van der Waals surface area contributed by atoms with Crippen LogP contribution in [0.5, 0.6) is 0 Å². The number of carbonyl (C=O) groups excluding carboxylic acids is 3. The summed E-state index contributed by atoms with van der Waals surface area (Å²) in [7, 11) is 1.29. The van der Waals surface area contributed by atoms with Gasteiger partial charge in [-0.3, -0.25) is 4.79 Å². The smallest absolute Gasteiger partial charge is 0.334 e. The first kappa shape index (κ1) is 22.1. The first-order valence-corrected chi connectivity index (χ1v) is 9.80. The average Bonchev–Trinajstić information content (AvgIpc) is 2.97. The van der Waals surface area contributed by atoms with Crippen LogP contribution in [0.1, 0.15) is 46.0 Å². The van der Waals surface area contributed by atoms with Crippen molar-refractivity contribution >= 4 is 17.9 Å². The molecule has 0 amide bonds. The number of aliphatic hydroxyl groups is 1. The van der Waals surface area contributed by atoms with Crippen LogP contribution in [-0.4, -0.2) is 48.9 Å². The Morgan fingerprint density at radius 1 is 1.43 bits per heavy atom. The molecule has 2 aliphatic rings. The molecular formula is C21H30O7. The second-order valence-electron chi connectivity index (χ2n) is 7.57. The number of hydrogen-bond donors (Lipinski definition) is 1. The number of methoxy groups -OCH3 is 1. The monoisotopic (exact) mass is 394 g/mol. The molecule has 1 saturated heterocycles. The third-order valence-corrected chi connectivity index (χ3v) is 5.66. The SMILES string of the molecule is C=C1C(=O)O[C@@H]2C[C@H](CO)CC/C=C(/C(=O)OC)C[C@@H](OC(=O)[C@H](C)CC)[C@@H]12. The summed E-state index contributed by atoms with van der Waals surface area (Å²) in [4.78, 5) is 36.9. The maximum absolute atomic E-state index is 12.5. The molecule has 0 unspecified atom stereocenters. The summed E-state index contributed by atoms with van der Waals surface area (Å²) in [5, 5.41) is 9.70. The molecule has 1 aliphatic heterocycles. The van der Waals surface area contributed by atoms with E-state index in [4.69, 9.17) is 14.2 Å². The summed E-state index contributed by atoms with van der Waals surface area (Å²) in [5.41, 5.74) is 0.613. The summed E-state index contributed by atoms with van der Waals surface area (Å²) in [5.74, 6) is -2.41.